The Hall–Kier alpha value is -1.33. The molecule has 1 aliphatic carbocycles. The van der Waals surface area contributed by atoms with Crippen molar-refractivity contribution >= 4 is 5.91 Å². The minimum atomic E-state index is 0.0649. The molecule has 1 aromatic heterocycles. The summed E-state index contributed by atoms with van der Waals surface area (Å²) in [6.07, 6.45) is 8.22. The van der Waals surface area contributed by atoms with E-state index in [9.17, 15) is 4.79 Å². The molecule has 1 saturated carbocycles. The fraction of sp³-hybridized carbons (Fsp3) is 0.688. The van der Waals surface area contributed by atoms with Gasteiger partial charge in [0.2, 0.25) is 5.91 Å². The maximum absolute atomic E-state index is 11.6. The van der Waals surface area contributed by atoms with Gasteiger partial charge in [0.05, 0.1) is 12.4 Å². The van der Waals surface area contributed by atoms with Crippen LogP contribution in [0.4, 0.5) is 0 Å². The summed E-state index contributed by atoms with van der Waals surface area (Å²) in [5.74, 6) is 0.916. The van der Waals surface area contributed by atoms with Gasteiger partial charge >= 0.3 is 0 Å². The summed E-state index contributed by atoms with van der Waals surface area (Å²) < 4.78 is 11.0. The molecule has 0 bridgehead atoms. The maximum Gasteiger partial charge on any atom is 0.220 e. The van der Waals surface area contributed by atoms with Gasteiger partial charge in [-0.15, -0.1) is 0 Å². The Labute approximate surface area is 126 Å². The highest BCUT2D eigenvalue weighted by molar-refractivity contribution is 5.75. The van der Waals surface area contributed by atoms with Gasteiger partial charge in [0.15, 0.2) is 0 Å². The summed E-state index contributed by atoms with van der Waals surface area (Å²) in [6, 6.07) is 4.08. The van der Waals surface area contributed by atoms with E-state index in [1.54, 1.807) is 6.26 Å². The van der Waals surface area contributed by atoms with E-state index in [2.05, 4.69) is 5.32 Å². The van der Waals surface area contributed by atoms with Crippen molar-refractivity contribution in [3.63, 3.8) is 0 Å². The molecule has 0 atom stereocenters. The lowest BCUT2D eigenvalue weighted by Crippen LogP contribution is -2.31. The van der Waals surface area contributed by atoms with Crippen LogP contribution in [0.2, 0.25) is 0 Å². The number of nitrogens with one attached hydrogen (secondary N) is 1. The van der Waals surface area contributed by atoms with Crippen molar-refractivity contribution in [2.75, 3.05) is 13.2 Å². The average molecular weight is 294 g/mol. The van der Waals surface area contributed by atoms with Gasteiger partial charge in [-0.2, -0.15) is 0 Å². The van der Waals surface area contributed by atoms with Crippen LogP contribution in [0, 0.1) is 0 Å². The predicted octanol–water partition coefficient (Wildman–Crippen LogP) is 2.00. The molecule has 1 fully saturated rings. The number of carbonyl (C=O) groups is 1. The van der Waals surface area contributed by atoms with Crippen LogP contribution in [0.25, 0.3) is 0 Å². The third-order valence-corrected chi connectivity index (χ3v) is 3.89. The molecule has 0 unspecified atom stereocenters. The molecule has 3 N–H and O–H groups in total. The van der Waals surface area contributed by atoms with E-state index in [0.29, 0.717) is 38.1 Å². The van der Waals surface area contributed by atoms with Crippen LogP contribution in [0.15, 0.2) is 22.8 Å². The van der Waals surface area contributed by atoms with E-state index < -0.39 is 0 Å². The predicted molar refractivity (Wildman–Crippen MR) is 80.8 cm³/mol. The van der Waals surface area contributed by atoms with Crippen molar-refractivity contribution < 1.29 is 13.9 Å². The molecule has 0 aromatic carbocycles. The number of carbonyl (C=O) groups excluding carboxylic acids is 1. The van der Waals surface area contributed by atoms with E-state index in [4.69, 9.17) is 14.9 Å². The first kappa shape index (κ1) is 16.0. The Morgan fingerprint density at radius 3 is 2.90 bits per heavy atom. The zero-order valence-corrected chi connectivity index (χ0v) is 12.6. The van der Waals surface area contributed by atoms with Gasteiger partial charge < -0.3 is 20.2 Å². The smallest absolute Gasteiger partial charge is 0.220 e. The third-order valence-electron chi connectivity index (χ3n) is 3.89. The molecule has 2 rings (SSSR count). The molecule has 5 heteroatoms. The lowest BCUT2D eigenvalue weighted by Gasteiger charge is -2.26. The van der Waals surface area contributed by atoms with Gasteiger partial charge in [0.25, 0.3) is 0 Å². The van der Waals surface area contributed by atoms with Gasteiger partial charge in [0.1, 0.15) is 5.76 Å². The van der Waals surface area contributed by atoms with Crippen LogP contribution in [0.5, 0.6) is 0 Å². The molecule has 1 aromatic rings. The summed E-state index contributed by atoms with van der Waals surface area (Å²) in [7, 11) is 0. The Balaban J connectivity index is 1.45. The number of nitrogens with two attached hydrogens (primary N) is 1. The molecule has 1 heterocycles. The molecule has 0 saturated heterocycles. The van der Waals surface area contributed by atoms with Gasteiger partial charge in [-0.1, -0.05) is 0 Å². The molecular formula is C16H26N2O3. The van der Waals surface area contributed by atoms with E-state index >= 15 is 0 Å². The van der Waals surface area contributed by atoms with Crippen LogP contribution < -0.4 is 11.1 Å². The van der Waals surface area contributed by atoms with Crippen LogP contribution in [0.1, 0.15) is 44.3 Å². The highest BCUT2D eigenvalue weighted by Gasteiger charge is 2.18. The van der Waals surface area contributed by atoms with Crippen molar-refractivity contribution in [3.05, 3.63) is 24.2 Å². The highest BCUT2D eigenvalue weighted by atomic mass is 16.5. The summed E-state index contributed by atoms with van der Waals surface area (Å²) >= 11 is 0. The van der Waals surface area contributed by atoms with E-state index in [-0.39, 0.29) is 5.91 Å². The number of aryl methyl sites for hydroxylation is 1. The number of amides is 1. The zero-order valence-electron chi connectivity index (χ0n) is 12.6. The fourth-order valence-corrected chi connectivity index (χ4v) is 2.59. The SMILES string of the molecule is NC1CCC(OCCCNC(=O)CCc2ccco2)CC1. The van der Waals surface area contributed by atoms with Crippen molar-refractivity contribution in [1.82, 2.24) is 5.32 Å². The first-order valence-electron chi connectivity index (χ1n) is 7.90. The Kier molecular flexibility index (Phi) is 6.76. The number of hydrogen-bond acceptors (Lipinski definition) is 4. The topological polar surface area (TPSA) is 77.5 Å². The Bertz CT molecular complexity index is 398. The second-order valence-electron chi connectivity index (χ2n) is 5.69. The Morgan fingerprint density at radius 1 is 1.38 bits per heavy atom. The first-order chi connectivity index (χ1) is 10.2. The van der Waals surface area contributed by atoms with Crippen LogP contribution in [-0.2, 0) is 16.0 Å². The minimum absolute atomic E-state index is 0.0649. The summed E-state index contributed by atoms with van der Waals surface area (Å²) in [4.78, 5) is 11.6. The average Bonchev–Trinajstić information content (AvgIpc) is 3.00. The largest absolute Gasteiger partial charge is 0.469 e. The minimum Gasteiger partial charge on any atom is -0.469 e. The molecule has 0 radical (unpaired) electrons. The van der Waals surface area contributed by atoms with E-state index in [1.807, 2.05) is 12.1 Å². The van der Waals surface area contributed by atoms with Crippen molar-refractivity contribution in [2.45, 2.75) is 57.1 Å². The quantitative estimate of drug-likeness (QED) is 0.719. The summed E-state index contributed by atoms with van der Waals surface area (Å²) in [5, 5.41) is 2.91. The molecule has 118 valence electrons. The lowest BCUT2D eigenvalue weighted by atomic mass is 9.94. The molecule has 5 nitrogen and oxygen atoms in total. The number of ether oxygens (including phenoxy) is 1. The van der Waals surface area contributed by atoms with Crippen molar-refractivity contribution in [2.24, 2.45) is 5.73 Å². The van der Waals surface area contributed by atoms with Gasteiger partial charge in [-0.05, 0) is 44.2 Å². The normalized spacial score (nSPS) is 22.1. The third kappa shape index (κ3) is 6.31. The summed E-state index contributed by atoms with van der Waals surface area (Å²) in [5.41, 5.74) is 5.86. The lowest BCUT2D eigenvalue weighted by molar-refractivity contribution is -0.121. The molecular weight excluding hydrogens is 268 g/mol. The molecule has 1 amide bonds. The number of hydrogen-bond donors (Lipinski definition) is 2. The fourth-order valence-electron chi connectivity index (χ4n) is 2.59. The number of furan rings is 1. The van der Waals surface area contributed by atoms with E-state index in [1.165, 1.54) is 0 Å². The zero-order chi connectivity index (χ0) is 14.9. The second kappa shape index (κ2) is 8.85. The Morgan fingerprint density at radius 2 is 2.19 bits per heavy atom. The summed E-state index contributed by atoms with van der Waals surface area (Å²) in [6.45, 7) is 1.38. The van der Waals surface area contributed by atoms with Crippen LogP contribution in [-0.4, -0.2) is 31.2 Å². The maximum atomic E-state index is 11.6. The first-order valence-corrected chi connectivity index (χ1v) is 7.90. The second-order valence-corrected chi connectivity index (χ2v) is 5.69. The molecule has 0 aliphatic heterocycles. The molecule has 0 spiro atoms. The van der Waals surface area contributed by atoms with E-state index in [0.717, 1.165) is 37.9 Å². The van der Waals surface area contributed by atoms with Gasteiger partial charge in [-0.25, -0.2) is 0 Å². The standard InChI is InChI=1S/C16H26N2O3/c17-13-4-6-15(7-5-13)21-12-2-10-18-16(19)9-8-14-3-1-11-20-14/h1,3,11,13,15H,2,4-10,12,17H2,(H,18,19). The monoisotopic (exact) mass is 294 g/mol. The highest BCUT2D eigenvalue weighted by Crippen LogP contribution is 2.19. The van der Waals surface area contributed by atoms with Crippen LogP contribution >= 0.6 is 0 Å². The molecule has 1 aliphatic rings. The van der Waals surface area contributed by atoms with Crippen molar-refractivity contribution in [3.8, 4) is 0 Å². The van der Waals surface area contributed by atoms with Gasteiger partial charge in [-0.3, -0.25) is 4.79 Å². The van der Waals surface area contributed by atoms with Crippen molar-refractivity contribution in [1.29, 1.82) is 0 Å². The van der Waals surface area contributed by atoms with Crippen LogP contribution in [0.3, 0.4) is 0 Å². The van der Waals surface area contributed by atoms with Gasteiger partial charge in [0, 0.05) is 32.0 Å². The number of rotatable bonds is 8. The molecule has 21 heavy (non-hydrogen) atoms.